The number of hydrogen-bond acceptors (Lipinski definition) is 4. The Hall–Kier alpha value is -3.35. The number of anilines is 1. The van der Waals surface area contributed by atoms with Gasteiger partial charge in [-0.15, -0.1) is 0 Å². The number of nitrogens with zero attached hydrogens (tertiary/aromatic N) is 2. The number of benzene rings is 1. The van der Waals surface area contributed by atoms with Crippen molar-refractivity contribution in [1.29, 1.82) is 0 Å². The number of aromatic nitrogens is 2. The monoisotopic (exact) mass is 380 g/mol. The minimum absolute atomic E-state index is 0.186. The van der Waals surface area contributed by atoms with E-state index in [-0.39, 0.29) is 23.5 Å². The van der Waals surface area contributed by atoms with Crippen molar-refractivity contribution in [2.45, 2.75) is 27.3 Å². The second-order valence-electron chi connectivity index (χ2n) is 6.94. The van der Waals surface area contributed by atoms with Crippen molar-refractivity contribution in [1.82, 2.24) is 15.1 Å². The Morgan fingerprint density at radius 1 is 1.14 bits per heavy atom. The van der Waals surface area contributed by atoms with Gasteiger partial charge in [-0.2, -0.15) is 5.10 Å². The average molecular weight is 380 g/mol. The molecule has 3 rings (SSSR count). The van der Waals surface area contributed by atoms with Crippen molar-refractivity contribution in [3.63, 3.8) is 0 Å². The van der Waals surface area contributed by atoms with Crippen LogP contribution >= 0.6 is 0 Å². The van der Waals surface area contributed by atoms with Crippen LogP contribution in [-0.2, 0) is 6.54 Å². The van der Waals surface area contributed by atoms with Gasteiger partial charge in [0, 0.05) is 30.0 Å². The van der Waals surface area contributed by atoms with E-state index in [1.807, 2.05) is 24.6 Å². The Kier molecular flexibility index (Phi) is 5.93. The Labute approximate surface area is 163 Å². The maximum atomic E-state index is 12.5. The zero-order valence-electron chi connectivity index (χ0n) is 16.2. The molecule has 0 saturated carbocycles. The van der Waals surface area contributed by atoms with Crippen molar-refractivity contribution < 1.29 is 14.0 Å². The summed E-state index contributed by atoms with van der Waals surface area (Å²) in [6, 6.07) is 12.1. The molecular formula is C21H24N4O3. The maximum absolute atomic E-state index is 12.5. The van der Waals surface area contributed by atoms with Crippen LogP contribution in [0, 0.1) is 19.8 Å². The molecule has 0 saturated heterocycles. The first kappa shape index (κ1) is 19.4. The zero-order valence-corrected chi connectivity index (χ0v) is 16.2. The van der Waals surface area contributed by atoms with E-state index < -0.39 is 0 Å². The van der Waals surface area contributed by atoms with Gasteiger partial charge in [-0.3, -0.25) is 14.3 Å². The molecule has 2 heterocycles. The lowest BCUT2D eigenvalue weighted by atomic mass is 10.1. The van der Waals surface area contributed by atoms with Crippen molar-refractivity contribution in [3.05, 3.63) is 71.4 Å². The smallest absolute Gasteiger partial charge is 0.291 e. The summed E-state index contributed by atoms with van der Waals surface area (Å²) in [6.45, 7) is 7.32. The van der Waals surface area contributed by atoms with Crippen molar-refractivity contribution in [3.8, 4) is 0 Å². The summed E-state index contributed by atoms with van der Waals surface area (Å²) in [5.41, 5.74) is 3.11. The fourth-order valence-electron chi connectivity index (χ4n) is 2.93. The molecule has 2 amide bonds. The number of amides is 2. The topological polar surface area (TPSA) is 89.2 Å². The fourth-order valence-corrected chi connectivity index (χ4v) is 2.93. The third kappa shape index (κ3) is 4.88. The van der Waals surface area contributed by atoms with Crippen molar-refractivity contribution >= 4 is 17.5 Å². The van der Waals surface area contributed by atoms with Crippen LogP contribution in [0.25, 0.3) is 0 Å². The highest BCUT2D eigenvalue weighted by Crippen LogP contribution is 2.13. The van der Waals surface area contributed by atoms with E-state index in [1.54, 1.807) is 36.4 Å². The summed E-state index contributed by atoms with van der Waals surface area (Å²) in [7, 11) is 0. The molecule has 0 aliphatic rings. The summed E-state index contributed by atoms with van der Waals surface area (Å²) in [5.74, 6) is -0.105. The third-order valence-electron chi connectivity index (χ3n) is 4.33. The van der Waals surface area contributed by atoms with E-state index in [0.29, 0.717) is 17.8 Å². The summed E-state index contributed by atoms with van der Waals surface area (Å²) < 4.78 is 7.03. The van der Waals surface area contributed by atoms with E-state index in [0.717, 1.165) is 17.9 Å². The molecule has 1 atom stereocenters. The first-order valence-electron chi connectivity index (χ1n) is 9.16. The molecule has 3 aromatic rings. The molecule has 28 heavy (non-hydrogen) atoms. The number of hydrogen-bond donors (Lipinski definition) is 2. The minimum atomic E-state index is -0.360. The minimum Gasteiger partial charge on any atom is -0.459 e. The van der Waals surface area contributed by atoms with Crippen LogP contribution in [0.1, 0.15) is 39.2 Å². The number of carbonyl (C=O) groups excluding carboxylic acids is 2. The van der Waals surface area contributed by atoms with Crippen LogP contribution in [0.15, 0.2) is 53.1 Å². The molecule has 0 fully saturated rings. The zero-order chi connectivity index (χ0) is 20.1. The molecular weight excluding hydrogens is 356 g/mol. The van der Waals surface area contributed by atoms with Crippen LogP contribution < -0.4 is 10.6 Å². The van der Waals surface area contributed by atoms with Crippen molar-refractivity contribution in [2.75, 3.05) is 11.9 Å². The van der Waals surface area contributed by atoms with E-state index in [9.17, 15) is 9.59 Å². The molecule has 0 unspecified atom stereocenters. The highest BCUT2D eigenvalue weighted by Gasteiger charge is 2.13. The molecule has 7 nitrogen and oxygen atoms in total. The van der Waals surface area contributed by atoms with Crippen LogP contribution in [0.2, 0.25) is 0 Å². The maximum Gasteiger partial charge on any atom is 0.291 e. The molecule has 0 aliphatic heterocycles. The Morgan fingerprint density at radius 2 is 1.96 bits per heavy atom. The number of aryl methyl sites for hydroxylation is 2. The SMILES string of the molecule is Cc1cc(C)n(C[C@@H](C)CNC(=O)c2cccc(NC(=O)c3ccco3)c2)n1. The molecule has 0 radical (unpaired) electrons. The highest BCUT2D eigenvalue weighted by atomic mass is 16.3. The fraction of sp³-hybridized carbons (Fsp3) is 0.286. The first-order chi connectivity index (χ1) is 13.4. The normalized spacial score (nSPS) is 11.8. The van der Waals surface area contributed by atoms with Gasteiger partial charge in [-0.25, -0.2) is 0 Å². The van der Waals surface area contributed by atoms with Gasteiger partial charge in [0.15, 0.2) is 5.76 Å². The second kappa shape index (κ2) is 8.56. The quantitative estimate of drug-likeness (QED) is 0.657. The third-order valence-corrected chi connectivity index (χ3v) is 4.33. The standard InChI is InChI=1S/C21H24N4O3/c1-14(13-25-16(3)10-15(2)24-25)12-22-20(26)17-6-4-7-18(11-17)23-21(27)19-8-5-9-28-19/h4-11,14H,12-13H2,1-3H3,(H,22,26)(H,23,27)/t14-/m0/s1. The number of carbonyl (C=O) groups is 2. The highest BCUT2D eigenvalue weighted by molar-refractivity contribution is 6.03. The van der Waals surface area contributed by atoms with Gasteiger partial charge < -0.3 is 15.1 Å². The molecule has 1 aromatic carbocycles. The number of nitrogens with one attached hydrogen (secondary N) is 2. The predicted molar refractivity (Wildman–Crippen MR) is 106 cm³/mol. The van der Waals surface area contributed by atoms with E-state index >= 15 is 0 Å². The second-order valence-corrected chi connectivity index (χ2v) is 6.94. The molecule has 2 aromatic heterocycles. The molecule has 0 spiro atoms. The van der Waals surface area contributed by atoms with Gasteiger partial charge in [0.05, 0.1) is 12.0 Å². The van der Waals surface area contributed by atoms with Crippen LogP contribution in [0.3, 0.4) is 0 Å². The van der Waals surface area contributed by atoms with Gasteiger partial charge >= 0.3 is 0 Å². The van der Waals surface area contributed by atoms with Gasteiger partial charge in [0.1, 0.15) is 0 Å². The molecule has 2 N–H and O–H groups in total. The Morgan fingerprint density at radius 3 is 2.64 bits per heavy atom. The Bertz CT molecular complexity index is 960. The van der Waals surface area contributed by atoms with E-state index in [4.69, 9.17) is 4.42 Å². The van der Waals surface area contributed by atoms with Gasteiger partial charge in [0.2, 0.25) is 0 Å². The van der Waals surface area contributed by atoms with Crippen LogP contribution in [0.4, 0.5) is 5.69 Å². The molecule has 0 aliphatic carbocycles. The average Bonchev–Trinajstić information content (AvgIpc) is 3.30. The lowest BCUT2D eigenvalue weighted by molar-refractivity contribution is 0.0944. The van der Waals surface area contributed by atoms with Gasteiger partial charge in [-0.1, -0.05) is 13.0 Å². The lowest BCUT2D eigenvalue weighted by Gasteiger charge is -2.14. The van der Waals surface area contributed by atoms with Crippen LogP contribution in [-0.4, -0.2) is 28.1 Å². The summed E-state index contributed by atoms with van der Waals surface area (Å²) in [5, 5.41) is 10.1. The Balaban J connectivity index is 1.55. The number of furan rings is 1. The molecule has 7 heteroatoms. The summed E-state index contributed by atoms with van der Waals surface area (Å²) >= 11 is 0. The molecule has 146 valence electrons. The van der Waals surface area contributed by atoms with Crippen LogP contribution in [0.5, 0.6) is 0 Å². The van der Waals surface area contributed by atoms with E-state index in [1.165, 1.54) is 6.26 Å². The van der Waals surface area contributed by atoms with Gasteiger partial charge in [-0.05, 0) is 56.2 Å². The van der Waals surface area contributed by atoms with Gasteiger partial charge in [0.25, 0.3) is 11.8 Å². The van der Waals surface area contributed by atoms with Crippen molar-refractivity contribution in [2.24, 2.45) is 5.92 Å². The predicted octanol–water partition coefficient (Wildman–Crippen LogP) is 3.41. The largest absolute Gasteiger partial charge is 0.459 e. The molecule has 0 bridgehead atoms. The summed E-state index contributed by atoms with van der Waals surface area (Å²) in [4.78, 5) is 24.5. The number of rotatable bonds is 7. The summed E-state index contributed by atoms with van der Waals surface area (Å²) in [6.07, 6.45) is 1.44. The van der Waals surface area contributed by atoms with E-state index in [2.05, 4.69) is 22.7 Å². The lowest BCUT2D eigenvalue weighted by Crippen LogP contribution is -2.30. The first-order valence-corrected chi connectivity index (χ1v) is 9.16.